The van der Waals surface area contributed by atoms with Crippen LogP contribution in [0.3, 0.4) is 0 Å². The van der Waals surface area contributed by atoms with Crippen molar-refractivity contribution < 1.29 is 5.11 Å². The Hall–Kier alpha value is -1.47. The number of halogens is 1. The molecule has 2 fully saturated rings. The fraction of sp³-hybridized carbons (Fsp3) is 0.474. The van der Waals surface area contributed by atoms with Gasteiger partial charge in [0.25, 0.3) is 0 Å². The molecule has 0 unspecified atom stereocenters. The molecule has 1 N–H and O–H groups in total. The molecule has 0 spiro atoms. The van der Waals surface area contributed by atoms with Crippen molar-refractivity contribution in [2.45, 2.75) is 31.5 Å². The van der Waals surface area contributed by atoms with Gasteiger partial charge in [0.05, 0.1) is 17.2 Å². The summed E-state index contributed by atoms with van der Waals surface area (Å²) in [6.45, 7) is 3.00. The third kappa shape index (κ3) is 2.85. The number of thiophene rings is 1. The van der Waals surface area contributed by atoms with Gasteiger partial charge in [-0.15, -0.1) is 11.3 Å². The molecule has 1 aliphatic heterocycles. The summed E-state index contributed by atoms with van der Waals surface area (Å²) in [6.07, 6.45) is 4.73. The van der Waals surface area contributed by atoms with E-state index in [1.165, 1.54) is 9.58 Å². The molecule has 2 aliphatic rings. The summed E-state index contributed by atoms with van der Waals surface area (Å²) < 4.78 is 3.08. The summed E-state index contributed by atoms with van der Waals surface area (Å²) in [6, 6.07) is 8.39. The molecule has 0 amide bonds. The number of aromatic nitrogens is 3. The molecule has 7 heteroatoms. The lowest BCUT2D eigenvalue weighted by Crippen LogP contribution is -2.36. The molecule has 3 heterocycles. The van der Waals surface area contributed by atoms with Crippen molar-refractivity contribution >= 4 is 33.0 Å². The molecule has 5 nitrogen and oxygen atoms in total. The average Bonchev–Trinajstić information content (AvgIpc) is 3.35. The summed E-state index contributed by atoms with van der Waals surface area (Å²) in [7, 11) is 0. The minimum atomic E-state index is -0.342. The first-order valence-corrected chi connectivity index (χ1v) is 10.3. The second-order valence-corrected chi connectivity index (χ2v) is 9.05. The molecular formula is C19H21ClN4OS. The Kier molecular flexibility index (Phi) is 4.24. The maximum Gasteiger partial charge on any atom is 0.137 e. The fourth-order valence-electron chi connectivity index (χ4n) is 4.68. The van der Waals surface area contributed by atoms with Crippen LogP contribution in [0.1, 0.15) is 23.8 Å². The Morgan fingerprint density at radius 1 is 1.19 bits per heavy atom. The highest BCUT2D eigenvalue weighted by molar-refractivity contribution is 7.19. The molecule has 1 saturated carbocycles. The first-order chi connectivity index (χ1) is 12.7. The molecule has 4 atom stereocenters. The zero-order valence-electron chi connectivity index (χ0n) is 14.3. The second kappa shape index (κ2) is 6.60. The maximum absolute atomic E-state index is 10.6. The van der Waals surface area contributed by atoms with Crippen LogP contribution in [-0.4, -0.2) is 44.0 Å². The van der Waals surface area contributed by atoms with Gasteiger partial charge in [0.2, 0.25) is 0 Å². The average molecular weight is 389 g/mol. The van der Waals surface area contributed by atoms with Crippen molar-refractivity contribution in [2.75, 3.05) is 13.1 Å². The smallest absolute Gasteiger partial charge is 0.137 e. The minimum absolute atomic E-state index is 0.0478. The maximum atomic E-state index is 10.6. The number of hydrogen-bond acceptors (Lipinski definition) is 5. The van der Waals surface area contributed by atoms with E-state index in [2.05, 4.69) is 33.2 Å². The van der Waals surface area contributed by atoms with Crippen LogP contribution in [-0.2, 0) is 6.54 Å². The Balaban J connectivity index is 1.32. The summed E-state index contributed by atoms with van der Waals surface area (Å²) in [5.41, 5.74) is 0. The van der Waals surface area contributed by atoms with Crippen LogP contribution in [0, 0.1) is 11.8 Å². The number of benzene rings is 1. The molecule has 0 bridgehead atoms. The van der Waals surface area contributed by atoms with Crippen LogP contribution in [0.2, 0.25) is 5.02 Å². The summed E-state index contributed by atoms with van der Waals surface area (Å²) >= 11 is 8.43. The van der Waals surface area contributed by atoms with Crippen molar-refractivity contribution in [2.24, 2.45) is 11.8 Å². The largest absolute Gasteiger partial charge is 0.391 e. The van der Waals surface area contributed by atoms with E-state index >= 15 is 0 Å². The van der Waals surface area contributed by atoms with Gasteiger partial charge in [-0.3, -0.25) is 4.90 Å². The zero-order chi connectivity index (χ0) is 17.7. The molecule has 3 aromatic rings. The lowest BCUT2D eigenvalue weighted by molar-refractivity contribution is 0.0304. The molecule has 2 aromatic heterocycles. The van der Waals surface area contributed by atoms with E-state index in [0.717, 1.165) is 42.9 Å². The SMILES string of the molecule is O[C@@H]1C[C@H]2CN(Cc3sc4ccccc4c3Cl)C[C@H]2C[C@H]1n1cncn1. The molecule has 0 radical (unpaired) electrons. The number of aliphatic hydroxyl groups excluding tert-OH is 1. The van der Waals surface area contributed by atoms with Gasteiger partial charge in [-0.05, 0) is 30.7 Å². The second-order valence-electron chi connectivity index (χ2n) is 7.53. The van der Waals surface area contributed by atoms with Gasteiger partial charge >= 0.3 is 0 Å². The number of likely N-dealkylation sites (tertiary alicyclic amines) is 1. The van der Waals surface area contributed by atoms with Crippen LogP contribution in [0.15, 0.2) is 36.9 Å². The van der Waals surface area contributed by atoms with Crippen LogP contribution in [0.4, 0.5) is 0 Å². The highest BCUT2D eigenvalue weighted by atomic mass is 35.5. The molecule has 1 saturated heterocycles. The van der Waals surface area contributed by atoms with Gasteiger partial charge < -0.3 is 5.11 Å². The van der Waals surface area contributed by atoms with E-state index in [4.69, 9.17) is 11.6 Å². The Morgan fingerprint density at radius 2 is 2.00 bits per heavy atom. The van der Waals surface area contributed by atoms with E-state index in [1.54, 1.807) is 24.0 Å². The lowest BCUT2D eigenvalue weighted by Gasteiger charge is -2.35. The van der Waals surface area contributed by atoms with E-state index in [9.17, 15) is 5.11 Å². The number of fused-ring (bicyclic) bond motifs is 2. The lowest BCUT2D eigenvalue weighted by atomic mass is 9.77. The van der Waals surface area contributed by atoms with Crippen molar-refractivity contribution in [1.29, 1.82) is 0 Å². The summed E-state index contributed by atoms with van der Waals surface area (Å²) in [5.74, 6) is 1.15. The first-order valence-electron chi connectivity index (χ1n) is 9.09. The first kappa shape index (κ1) is 16.7. The molecule has 1 aliphatic carbocycles. The number of hydrogen-bond donors (Lipinski definition) is 1. The van der Waals surface area contributed by atoms with Crippen LogP contribution >= 0.6 is 22.9 Å². The van der Waals surface area contributed by atoms with E-state index < -0.39 is 0 Å². The standard InChI is InChI=1S/C19H21ClN4OS/c20-19-14-3-1-2-4-17(14)26-18(19)9-23-7-12-5-15(24-11-21-10-22-24)16(25)6-13(12)8-23/h1-4,10-13,15-16,25H,5-9H2/t12-,13+,15-,16-/m1/s1. The van der Waals surface area contributed by atoms with E-state index in [-0.39, 0.29) is 12.1 Å². The van der Waals surface area contributed by atoms with Crippen molar-refractivity contribution in [1.82, 2.24) is 19.7 Å². The highest BCUT2D eigenvalue weighted by Gasteiger charge is 2.42. The van der Waals surface area contributed by atoms with Gasteiger partial charge in [0, 0.05) is 34.6 Å². The van der Waals surface area contributed by atoms with E-state index in [1.807, 2.05) is 10.7 Å². The van der Waals surface area contributed by atoms with Gasteiger partial charge in [-0.1, -0.05) is 29.8 Å². The van der Waals surface area contributed by atoms with Gasteiger partial charge in [-0.2, -0.15) is 5.10 Å². The number of nitrogens with zero attached hydrogens (tertiary/aromatic N) is 4. The summed E-state index contributed by atoms with van der Waals surface area (Å²) in [4.78, 5) is 7.79. The van der Waals surface area contributed by atoms with Crippen molar-refractivity contribution in [3.8, 4) is 0 Å². The number of rotatable bonds is 3. The third-order valence-corrected chi connectivity index (χ3v) is 7.63. The summed E-state index contributed by atoms with van der Waals surface area (Å²) in [5, 5.41) is 16.9. The quantitative estimate of drug-likeness (QED) is 0.745. The Morgan fingerprint density at radius 3 is 2.77 bits per heavy atom. The predicted octanol–water partition coefficient (Wildman–Crippen LogP) is 3.59. The fourth-order valence-corrected chi connectivity index (χ4v) is 6.21. The Labute approximate surface area is 161 Å². The van der Waals surface area contributed by atoms with Crippen LogP contribution < -0.4 is 0 Å². The van der Waals surface area contributed by atoms with Crippen LogP contribution in [0.5, 0.6) is 0 Å². The van der Waals surface area contributed by atoms with Crippen molar-refractivity contribution in [3.63, 3.8) is 0 Å². The molecule has 5 rings (SSSR count). The van der Waals surface area contributed by atoms with Gasteiger partial charge in [-0.25, -0.2) is 9.67 Å². The highest BCUT2D eigenvalue weighted by Crippen LogP contribution is 2.43. The molecule has 1 aromatic carbocycles. The zero-order valence-corrected chi connectivity index (χ0v) is 15.9. The third-order valence-electron chi connectivity index (χ3n) is 5.93. The monoisotopic (exact) mass is 388 g/mol. The Bertz CT molecular complexity index is 912. The predicted molar refractivity (Wildman–Crippen MR) is 103 cm³/mol. The van der Waals surface area contributed by atoms with Crippen molar-refractivity contribution in [3.05, 3.63) is 46.8 Å². The normalized spacial score (nSPS) is 29.3. The molecular weight excluding hydrogens is 368 g/mol. The molecule has 136 valence electrons. The van der Waals surface area contributed by atoms with Gasteiger partial charge in [0.15, 0.2) is 0 Å². The van der Waals surface area contributed by atoms with E-state index in [0.29, 0.717) is 11.8 Å². The van der Waals surface area contributed by atoms with Crippen LogP contribution in [0.25, 0.3) is 10.1 Å². The topological polar surface area (TPSA) is 54.2 Å². The minimum Gasteiger partial charge on any atom is -0.391 e. The van der Waals surface area contributed by atoms with Gasteiger partial charge in [0.1, 0.15) is 12.7 Å². The molecule has 26 heavy (non-hydrogen) atoms. The number of aliphatic hydroxyl groups is 1.